The molecule has 1 saturated heterocycles. The van der Waals surface area contributed by atoms with Crippen molar-refractivity contribution in [3.63, 3.8) is 0 Å². The van der Waals surface area contributed by atoms with Crippen LogP contribution in [0.5, 0.6) is 5.75 Å². The second-order valence-electron chi connectivity index (χ2n) is 7.89. The fraction of sp³-hybridized carbons (Fsp3) is 0.632. The van der Waals surface area contributed by atoms with Crippen molar-refractivity contribution in [3.8, 4) is 5.75 Å². The second kappa shape index (κ2) is 6.37. The summed E-state index contributed by atoms with van der Waals surface area (Å²) in [4.78, 5) is 16.8. The maximum absolute atomic E-state index is 12.8. The van der Waals surface area contributed by atoms with Gasteiger partial charge in [0.1, 0.15) is 12.4 Å². The SMILES string of the molecule is CC1(C)CN(C(=O)CN2CCOc3ccccc3C2)CC[C@@]1(C)O. The fourth-order valence-corrected chi connectivity index (χ4v) is 3.44. The zero-order valence-electron chi connectivity index (χ0n) is 14.9. The number of piperidine rings is 1. The highest BCUT2D eigenvalue weighted by Gasteiger charge is 2.45. The van der Waals surface area contributed by atoms with Crippen molar-refractivity contribution >= 4 is 5.91 Å². The summed E-state index contributed by atoms with van der Waals surface area (Å²) < 4.78 is 5.77. The molecule has 0 unspecified atom stereocenters. The fourth-order valence-electron chi connectivity index (χ4n) is 3.44. The molecule has 1 fully saturated rings. The van der Waals surface area contributed by atoms with E-state index in [4.69, 9.17) is 4.74 Å². The largest absolute Gasteiger partial charge is 0.492 e. The molecule has 1 aromatic rings. The van der Waals surface area contributed by atoms with Gasteiger partial charge < -0.3 is 14.7 Å². The molecule has 5 nitrogen and oxygen atoms in total. The lowest BCUT2D eigenvalue weighted by Crippen LogP contribution is -2.58. The third kappa shape index (κ3) is 3.42. The number of carbonyl (C=O) groups is 1. The van der Waals surface area contributed by atoms with Crippen LogP contribution in [0.25, 0.3) is 0 Å². The molecule has 3 rings (SSSR count). The molecule has 2 aliphatic heterocycles. The van der Waals surface area contributed by atoms with Gasteiger partial charge in [-0.05, 0) is 19.4 Å². The van der Waals surface area contributed by atoms with Crippen molar-refractivity contribution in [3.05, 3.63) is 29.8 Å². The van der Waals surface area contributed by atoms with Crippen LogP contribution in [0.2, 0.25) is 0 Å². The summed E-state index contributed by atoms with van der Waals surface area (Å²) in [5, 5.41) is 10.5. The Labute approximate surface area is 144 Å². The molecule has 5 heteroatoms. The number of amides is 1. The van der Waals surface area contributed by atoms with Crippen LogP contribution in [0, 0.1) is 5.41 Å². The number of likely N-dealkylation sites (tertiary alicyclic amines) is 1. The Morgan fingerprint density at radius 1 is 1.25 bits per heavy atom. The summed E-state index contributed by atoms with van der Waals surface area (Å²) >= 11 is 0. The minimum Gasteiger partial charge on any atom is -0.492 e. The van der Waals surface area contributed by atoms with Crippen molar-refractivity contribution in [2.24, 2.45) is 5.41 Å². The molecule has 0 spiro atoms. The van der Waals surface area contributed by atoms with E-state index in [0.717, 1.165) is 24.4 Å². The molecule has 24 heavy (non-hydrogen) atoms. The first kappa shape index (κ1) is 17.2. The number of ether oxygens (including phenoxy) is 1. The Morgan fingerprint density at radius 3 is 2.75 bits per heavy atom. The van der Waals surface area contributed by atoms with Crippen molar-refractivity contribution in [1.29, 1.82) is 0 Å². The van der Waals surface area contributed by atoms with Crippen molar-refractivity contribution in [2.75, 3.05) is 32.8 Å². The minimum atomic E-state index is -0.723. The molecule has 0 aromatic heterocycles. The van der Waals surface area contributed by atoms with Gasteiger partial charge in [-0.3, -0.25) is 9.69 Å². The summed E-state index contributed by atoms with van der Waals surface area (Å²) in [7, 11) is 0. The van der Waals surface area contributed by atoms with Crippen LogP contribution in [0.3, 0.4) is 0 Å². The van der Waals surface area contributed by atoms with E-state index in [1.54, 1.807) is 0 Å². The molecule has 0 radical (unpaired) electrons. The monoisotopic (exact) mass is 332 g/mol. The van der Waals surface area contributed by atoms with E-state index in [1.165, 1.54) is 0 Å². The Balaban J connectivity index is 1.63. The average Bonchev–Trinajstić information content (AvgIpc) is 2.71. The zero-order valence-corrected chi connectivity index (χ0v) is 14.9. The first-order chi connectivity index (χ1) is 11.3. The van der Waals surface area contributed by atoms with Gasteiger partial charge in [0.05, 0.1) is 12.1 Å². The molecule has 1 atom stereocenters. The van der Waals surface area contributed by atoms with Crippen molar-refractivity contribution in [2.45, 2.75) is 39.3 Å². The molecule has 0 saturated carbocycles. The van der Waals surface area contributed by atoms with Gasteiger partial charge in [-0.15, -0.1) is 0 Å². The molecule has 2 aliphatic rings. The highest BCUT2D eigenvalue weighted by molar-refractivity contribution is 5.78. The van der Waals surface area contributed by atoms with Gasteiger partial charge in [-0.1, -0.05) is 32.0 Å². The van der Waals surface area contributed by atoms with E-state index in [1.807, 2.05) is 43.9 Å². The van der Waals surface area contributed by atoms with E-state index in [9.17, 15) is 9.90 Å². The number of nitrogens with zero attached hydrogens (tertiary/aromatic N) is 2. The topological polar surface area (TPSA) is 53.0 Å². The zero-order chi connectivity index (χ0) is 17.4. The molecule has 1 amide bonds. The van der Waals surface area contributed by atoms with E-state index < -0.39 is 5.60 Å². The van der Waals surface area contributed by atoms with Gasteiger partial charge in [0, 0.05) is 37.2 Å². The summed E-state index contributed by atoms with van der Waals surface area (Å²) in [5.41, 5.74) is 0.110. The van der Waals surface area contributed by atoms with Crippen molar-refractivity contribution < 1.29 is 14.6 Å². The van der Waals surface area contributed by atoms with Gasteiger partial charge in [0.2, 0.25) is 5.91 Å². The molecule has 2 heterocycles. The maximum Gasteiger partial charge on any atom is 0.236 e. The normalized spacial score (nSPS) is 27.1. The molecular weight excluding hydrogens is 304 g/mol. The van der Waals surface area contributed by atoms with Crippen LogP contribution in [0.15, 0.2) is 24.3 Å². The van der Waals surface area contributed by atoms with E-state index in [0.29, 0.717) is 32.7 Å². The summed E-state index contributed by atoms with van der Waals surface area (Å²) in [6, 6.07) is 8.01. The Hall–Kier alpha value is -1.59. The standard InChI is InChI=1S/C19H28N2O3/c1-18(2)14-21(9-8-19(18,3)23)17(22)13-20-10-11-24-16-7-5-4-6-15(16)12-20/h4-7,23H,8-14H2,1-3H3/t19-/m1/s1. The lowest BCUT2D eigenvalue weighted by atomic mass is 9.71. The second-order valence-corrected chi connectivity index (χ2v) is 7.89. The first-order valence-electron chi connectivity index (χ1n) is 8.72. The lowest BCUT2D eigenvalue weighted by molar-refractivity contribution is -0.148. The Bertz CT molecular complexity index is 612. The summed E-state index contributed by atoms with van der Waals surface area (Å²) in [5.74, 6) is 1.06. The third-order valence-electron chi connectivity index (χ3n) is 5.66. The number of benzene rings is 1. The van der Waals surface area contributed by atoms with E-state index in [2.05, 4.69) is 11.0 Å². The predicted molar refractivity (Wildman–Crippen MR) is 92.8 cm³/mol. The van der Waals surface area contributed by atoms with Crippen LogP contribution >= 0.6 is 0 Å². The smallest absolute Gasteiger partial charge is 0.236 e. The van der Waals surface area contributed by atoms with Crippen LogP contribution in [0.1, 0.15) is 32.8 Å². The number of hydrogen-bond acceptors (Lipinski definition) is 4. The molecule has 1 N–H and O–H groups in total. The van der Waals surface area contributed by atoms with Gasteiger partial charge in [-0.25, -0.2) is 0 Å². The average molecular weight is 332 g/mol. The van der Waals surface area contributed by atoms with Crippen molar-refractivity contribution in [1.82, 2.24) is 9.80 Å². The maximum atomic E-state index is 12.8. The summed E-state index contributed by atoms with van der Waals surface area (Å²) in [6.07, 6.45) is 0.623. The Kier molecular flexibility index (Phi) is 4.58. The molecule has 0 bridgehead atoms. The Morgan fingerprint density at radius 2 is 2.00 bits per heavy atom. The quantitative estimate of drug-likeness (QED) is 0.899. The number of para-hydroxylation sites is 1. The predicted octanol–water partition coefficient (Wildman–Crippen LogP) is 1.89. The van der Waals surface area contributed by atoms with E-state index >= 15 is 0 Å². The van der Waals surface area contributed by atoms with Crippen LogP contribution < -0.4 is 4.74 Å². The highest BCUT2D eigenvalue weighted by Crippen LogP contribution is 2.38. The number of rotatable bonds is 2. The van der Waals surface area contributed by atoms with Crippen LogP contribution in [-0.4, -0.2) is 59.2 Å². The summed E-state index contributed by atoms with van der Waals surface area (Å²) in [6.45, 7) is 9.63. The third-order valence-corrected chi connectivity index (χ3v) is 5.66. The minimum absolute atomic E-state index is 0.137. The number of hydrogen-bond donors (Lipinski definition) is 1. The van der Waals surface area contributed by atoms with Crippen LogP contribution in [-0.2, 0) is 11.3 Å². The lowest BCUT2D eigenvalue weighted by Gasteiger charge is -2.48. The molecule has 1 aromatic carbocycles. The number of aliphatic hydroxyl groups is 1. The highest BCUT2D eigenvalue weighted by atomic mass is 16.5. The van der Waals surface area contributed by atoms with Gasteiger partial charge in [0.15, 0.2) is 0 Å². The van der Waals surface area contributed by atoms with Gasteiger partial charge in [0.25, 0.3) is 0 Å². The van der Waals surface area contributed by atoms with Crippen LogP contribution in [0.4, 0.5) is 0 Å². The van der Waals surface area contributed by atoms with Gasteiger partial charge in [-0.2, -0.15) is 0 Å². The first-order valence-corrected chi connectivity index (χ1v) is 8.72. The number of fused-ring (bicyclic) bond motifs is 1. The molecule has 0 aliphatic carbocycles. The number of carbonyl (C=O) groups excluding carboxylic acids is 1. The molecule has 132 valence electrons. The van der Waals surface area contributed by atoms with E-state index in [-0.39, 0.29) is 11.3 Å². The molecular formula is C19H28N2O3. The van der Waals surface area contributed by atoms with Gasteiger partial charge >= 0.3 is 0 Å².